The van der Waals surface area contributed by atoms with Gasteiger partial charge in [0, 0.05) is 24.4 Å². The van der Waals surface area contributed by atoms with Gasteiger partial charge in [-0.15, -0.1) is 0 Å². The first kappa shape index (κ1) is 23.9. The van der Waals surface area contributed by atoms with E-state index in [1.54, 1.807) is 54.7 Å². The van der Waals surface area contributed by atoms with E-state index in [1.165, 1.54) is 13.2 Å². The molecule has 1 saturated carbocycles. The van der Waals surface area contributed by atoms with Crippen LogP contribution in [-0.4, -0.2) is 30.1 Å². The fraction of sp³-hybridized carbons (Fsp3) is 0.160. The monoisotopic (exact) mass is 493 g/mol. The number of nitrogens with one attached hydrogen (secondary N) is 4. The number of para-hydroxylation sites is 1. The van der Waals surface area contributed by atoms with E-state index < -0.39 is 0 Å². The number of urea groups is 1. The largest absolute Gasteiger partial charge is 0.494 e. The number of halogens is 1. The predicted octanol–water partition coefficient (Wildman–Crippen LogP) is 5.69. The number of ether oxygens (including phenoxy) is 2. The van der Waals surface area contributed by atoms with Crippen molar-refractivity contribution in [3.63, 3.8) is 0 Å². The minimum atomic E-state index is -0.355. The molecular formula is C25H24ClN5O4. The summed E-state index contributed by atoms with van der Waals surface area (Å²) in [5.74, 6) is 1.60. The Balaban J connectivity index is 1.48. The summed E-state index contributed by atoms with van der Waals surface area (Å²) in [6.07, 6.45) is 4.76. The third kappa shape index (κ3) is 6.42. The maximum atomic E-state index is 12.0. The van der Waals surface area contributed by atoms with Crippen molar-refractivity contribution in [1.82, 2.24) is 10.3 Å². The summed E-state index contributed by atoms with van der Waals surface area (Å²) in [5, 5.41) is 11.8. The van der Waals surface area contributed by atoms with Crippen molar-refractivity contribution in [2.45, 2.75) is 18.9 Å². The third-order valence-corrected chi connectivity index (χ3v) is 5.32. The molecule has 1 aromatic heterocycles. The van der Waals surface area contributed by atoms with Crippen molar-refractivity contribution < 1.29 is 19.1 Å². The molecule has 10 heteroatoms. The van der Waals surface area contributed by atoms with Gasteiger partial charge in [-0.2, -0.15) is 0 Å². The van der Waals surface area contributed by atoms with Crippen LogP contribution >= 0.6 is 11.6 Å². The van der Waals surface area contributed by atoms with E-state index in [2.05, 4.69) is 32.8 Å². The van der Waals surface area contributed by atoms with Crippen molar-refractivity contribution in [1.29, 1.82) is 0 Å². The Hall–Kier alpha value is -4.24. The van der Waals surface area contributed by atoms with Gasteiger partial charge in [0.2, 0.25) is 5.91 Å². The normalized spacial score (nSPS) is 12.3. The highest BCUT2D eigenvalue weighted by molar-refractivity contribution is 6.33. The van der Waals surface area contributed by atoms with Crippen molar-refractivity contribution in [2.75, 3.05) is 23.1 Å². The standard InChI is InChI=1S/C25H24ClN5O4/c1-3-23(32)29-20-5-4-6-21(34-2)24(20)31-22-14-17(11-12-27-22)35-16-9-10-19(18(26)13-16)30-25(33)28-15-7-8-15/h3-6,9-15H,1,7-8H2,2H3,(H,27,31)(H,29,32)(H2,28,30,33). The average molecular weight is 494 g/mol. The van der Waals surface area contributed by atoms with Crippen molar-refractivity contribution in [3.05, 3.63) is 72.4 Å². The second-order valence-corrected chi connectivity index (χ2v) is 8.10. The molecule has 0 bridgehead atoms. The van der Waals surface area contributed by atoms with Crippen LogP contribution in [0.5, 0.6) is 17.2 Å². The maximum Gasteiger partial charge on any atom is 0.319 e. The van der Waals surface area contributed by atoms with E-state index in [9.17, 15) is 9.59 Å². The average Bonchev–Trinajstić information content (AvgIpc) is 3.66. The van der Waals surface area contributed by atoms with Crippen LogP contribution in [0.1, 0.15) is 12.8 Å². The zero-order valence-corrected chi connectivity index (χ0v) is 19.7. The minimum absolute atomic E-state index is 0.246. The number of aromatic nitrogens is 1. The maximum absolute atomic E-state index is 12.0. The lowest BCUT2D eigenvalue weighted by atomic mass is 10.2. The van der Waals surface area contributed by atoms with Gasteiger partial charge in [-0.25, -0.2) is 9.78 Å². The van der Waals surface area contributed by atoms with E-state index in [4.69, 9.17) is 21.1 Å². The number of rotatable bonds is 9. The molecule has 1 heterocycles. The first-order chi connectivity index (χ1) is 16.9. The summed E-state index contributed by atoms with van der Waals surface area (Å²) in [6.45, 7) is 3.48. The molecule has 1 fully saturated rings. The van der Waals surface area contributed by atoms with Gasteiger partial charge < -0.3 is 30.7 Å². The summed E-state index contributed by atoms with van der Waals surface area (Å²) in [6, 6.07) is 13.6. The van der Waals surface area contributed by atoms with Gasteiger partial charge >= 0.3 is 6.03 Å². The van der Waals surface area contributed by atoms with Crippen LogP contribution < -0.4 is 30.7 Å². The lowest BCUT2D eigenvalue weighted by Gasteiger charge is -2.16. The molecule has 180 valence electrons. The number of benzene rings is 2. The van der Waals surface area contributed by atoms with Gasteiger partial charge in [0.1, 0.15) is 28.8 Å². The number of amides is 3. The van der Waals surface area contributed by atoms with Crippen LogP contribution in [0, 0.1) is 0 Å². The van der Waals surface area contributed by atoms with Gasteiger partial charge in [-0.3, -0.25) is 4.79 Å². The zero-order valence-electron chi connectivity index (χ0n) is 18.9. The highest BCUT2D eigenvalue weighted by atomic mass is 35.5. The molecule has 9 nitrogen and oxygen atoms in total. The van der Waals surface area contributed by atoms with Gasteiger partial charge in [0.05, 0.1) is 23.5 Å². The van der Waals surface area contributed by atoms with Crippen LogP contribution in [0.2, 0.25) is 5.02 Å². The predicted molar refractivity (Wildman–Crippen MR) is 136 cm³/mol. The van der Waals surface area contributed by atoms with Gasteiger partial charge in [0.25, 0.3) is 0 Å². The molecule has 1 aliphatic rings. The molecule has 0 radical (unpaired) electrons. The lowest BCUT2D eigenvalue weighted by Crippen LogP contribution is -2.30. The Morgan fingerprint density at radius 1 is 1.09 bits per heavy atom. The summed E-state index contributed by atoms with van der Waals surface area (Å²) >= 11 is 6.33. The first-order valence-electron chi connectivity index (χ1n) is 10.8. The first-order valence-corrected chi connectivity index (χ1v) is 11.2. The molecule has 0 aliphatic heterocycles. The topological polar surface area (TPSA) is 114 Å². The fourth-order valence-corrected chi connectivity index (χ4v) is 3.38. The number of pyridine rings is 1. The van der Waals surface area contributed by atoms with Gasteiger partial charge in [0.15, 0.2) is 0 Å². The number of methoxy groups -OCH3 is 1. The molecular weight excluding hydrogens is 470 g/mol. The van der Waals surface area contributed by atoms with E-state index in [0.29, 0.717) is 45.2 Å². The van der Waals surface area contributed by atoms with Crippen LogP contribution in [0.25, 0.3) is 0 Å². The Morgan fingerprint density at radius 3 is 2.60 bits per heavy atom. The molecule has 0 spiro atoms. The van der Waals surface area contributed by atoms with E-state index in [1.807, 2.05) is 0 Å². The number of nitrogens with zero attached hydrogens (tertiary/aromatic N) is 1. The highest BCUT2D eigenvalue weighted by Gasteiger charge is 2.23. The second-order valence-electron chi connectivity index (χ2n) is 7.69. The van der Waals surface area contributed by atoms with Crippen LogP contribution in [0.4, 0.5) is 27.7 Å². The van der Waals surface area contributed by atoms with Crippen molar-refractivity contribution in [3.8, 4) is 17.2 Å². The lowest BCUT2D eigenvalue weighted by molar-refractivity contribution is -0.111. The second kappa shape index (κ2) is 10.8. The third-order valence-electron chi connectivity index (χ3n) is 5.01. The zero-order chi connectivity index (χ0) is 24.8. The van der Waals surface area contributed by atoms with E-state index >= 15 is 0 Å². The molecule has 1 aliphatic carbocycles. The number of anilines is 4. The van der Waals surface area contributed by atoms with Crippen LogP contribution in [0.3, 0.4) is 0 Å². The number of carbonyl (C=O) groups is 2. The Kier molecular flexibility index (Phi) is 7.37. The molecule has 2 aromatic carbocycles. The fourth-order valence-electron chi connectivity index (χ4n) is 3.16. The summed E-state index contributed by atoms with van der Waals surface area (Å²) in [7, 11) is 1.53. The SMILES string of the molecule is C=CC(=O)Nc1cccc(OC)c1Nc1cc(Oc2ccc(NC(=O)NC3CC3)c(Cl)c2)ccn1. The molecule has 35 heavy (non-hydrogen) atoms. The van der Waals surface area contributed by atoms with Crippen molar-refractivity contribution in [2.24, 2.45) is 0 Å². The van der Waals surface area contributed by atoms with Gasteiger partial charge in [-0.05, 0) is 49.2 Å². The molecule has 3 aromatic rings. The number of hydrogen-bond acceptors (Lipinski definition) is 6. The summed E-state index contributed by atoms with van der Waals surface area (Å²) in [4.78, 5) is 28.1. The van der Waals surface area contributed by atoms with E-state index in [-0.39, 0.29) is 18.0 Å². The summed E-state index contributed by atoms with van der Waals surface area (Å²) < 4.78 is 11.4. The molecule has 4 rings (SSSR count). The number of hydrogen-bond donors (Lipinski definition) is 4. The molecule has 3 amide bonds. The number of carbonyl (C=O) groups excluding carboxylic acids is 2. The smallest absolute Gasteiger partial charge is 0.319 e. The van der Waals surface area contributed by atoms with Crippen LogP contribution in [-0.2, 0) is 4.79 Å². The quantitative estimate of drug-likeness (QED) is 0.285. The Bertz CT molecular complexity index is 1260. The molecule has 4 N–H and O–H groups in total. The molecule has 0 unspecified atom stereocenters. The Labute approximate surface area is 207 Å². The van der Waals surface area contributed by atoms with Crippen molar-refractivity contribution >= 4 is 46.4 Å². The molecule has 0 saturated heterocycles. The van der Waals surface area contributed by atoms with Crippen LogP contribution in [0.15, 0.2) is 67.4 Å². The van der Waals surface area contributed by atoms with Gasteiger partial charge in [-0.1, -0.05) is 24.2 Å². The van der Waals surface area contributed by atoms with E-state index in [0.717, 1.165) is 12.8 Å². The highest BCUT2D eigenvalue weighted by Crippen LogP contribution is 2.36. The minimum Gasteiger partial charge on any atom is -0.494 e. The Morgan fingerprint density at radius 2 is 1.89 bits per heavy atom. The summed E-state index contributed by atoms with van der Waals surface area (Å²) in [5.41, 5.74) is 1.51. The molecule has 0 atom stereocenters.